The summed E-state index contributed by atoms with van der Waals surface area (Å²) >= 11 is 3.33. The number of methoxy groups -OCH3 is 1. The van der Waals surface area contributed by atoms with Gasteiger partial charge >= 0.3 is 0 Å². The lowest BCUT2D eigenvalue weighted by atomic mass is 10.2. The Morgan fingerprint density at radius 3 is 2.21 bits per heavy atom. The van der Waals surface area contributed by atoms with Gasteiger partial charge in [0.05, 0.1) is 18.9 Å². The highest BCUT2D eigenvalue weighted by molar-refractivity contribution is 9.10. The fourth-order valence-corrected chi connectivity index (χ4v) is 3.74. The average molecular weight is 414 g/mol. The molecule has 5 nitrogen and oxygen atoms in total. The summed E-state index contributed by atoms with van der Waals surface area (Å²) < 4.78 is 38.6. The van der Waals surface area contributed by atoms with Gasteiger partial charge in [0.2, 0.25) is 10.0 Å². The Balaban J connectivity index is 1.85. The normalized spacial score (nSPS) is 12.6. The molecule has 0 bridgehead atoms. The third-order valence-corrected chi connectivity index (χ3v) is 5.21. The van der Waals surface area contributed by atoms with E-state index >= 15 is 0 Å². The van der Waals surface area contributed by atoms with Gasteiger partial charge in [-0.25, -0.2) is 13.1 Å². The van der Waals surface area contributed by atoms with Crippen LogP contribution in [0.15, 0.2) is 53.0 Å². The van der Waals surface area contributed by atoms with Crippen molar-refractivity contribution >= 4 is 26.0 Å². The first-order valence-corrected chi connectivity index (χ1v) is 9.84. The van der Waals surface area contributed by atoms with Gasteiger partial charge in [-0.1, -0.05) is 28.1 Å². The minimum Gasteiger partial charge on any atom is -0.497 e. The quantitative estimate of drug-likeness (QED) is 0.720. The monoisotopic (exact) mass is 413 g/mol. The van der Waals surface area contributed by atoms with Crippen LogP contribution in [0.5, 0.6) is 11.5 Å². The first-order valence-electron chi connectivity index (χ1n) is 7.39. The van der Waals surface area contributed by atoms with Crippen molar-refractivity contribution in [2.45, 2.75) is 18.7 Å². The van der Waals surface area contributed by atoms with Gasteiger partial charge < -0.3 is 9.47 Å². The largest absolute Gasteiger partial charge is 0.497 e. The molecule has 1 unspecified atom stereocenters. The molecule has 0 amide bonds. The van der Waals surface area contributed by atoms with Crippen molar-refractivity contribution in [2.24, 2.45) is 0 Å². The number of hydrogen-bond acceptors (Lipinski definition) is 4. The molecule has 1 N–H and O–H groups in total. The highest BCUT2D eigenvalue weighted by atomic mass is 79.9. The van der Waals surface area contributed by atoms with E-state index in [0.717, 1.165) is 15.8 Å². The van der Waals surface area contributed by atoms with Crippen molar-refractivity contribution in [2.75, 3.05) is 13.7 Å². The summed E-state index contributed by atoms with van der Waals surface area (Å²) in [6, 6.07) is 14.0. The van der Waals surface area contributed by atoms with Gasteiger partial charge in [-0.3, -0.25) is 0 Å². The highest BCUT2D eigenvalue weighted by Gasteiger charge is 2.16. The molecule has 0 heterocycles. The van der Waals surface area contributed by atoms with Gasteiger partial charge in [0.15, 0.2) is 0 Å². The van der Waals surface area contributed by atoms with E-state index in [0.29, 0.717) is 5.75 Å². The second kappa shape index (κ2) is 8.50. The molecule has 0 fully saturated rings. The summed E-state index contributed by atoms with van der Waals surface area (Å²) in [5, 5.41) is 0. The van der Waals surface area contributed by atoms with Gasteiger partial charge in [-0.05, 0) is 48.9 Å². The Morgan fingerprint density at radius 2 is 1.62 bits per heavy atom. The van der Waals surface area contributed by atoms with E-state index in [-0.39, 0.29) is 18.4 Å². The Labute approximate surface area is 151 Å². The fourth-order valence-electron chi connectivity index (χ4n) is 2.08. The number of ether oxygens (including phenoxy) is 2. The number of rotatable bonds is 8. The summed E-state index contributed by atoms with van der Waals surface area (Å²) in [4.78, 5) is 0. The summed E-state index contributed by atoms with van der Waals surface area (Å²) in [5.41, 5.74) is 0.731. The van der Waals surface area contributed by atoms with Gasteiger partial charge in [-0.2, -0.15) is 0 Å². The molecule has 7 heteroatoms. The molecule has 130 valence electrons. The zero-order valence-electron chi connectivity index (χ0n) is 13.5. The molecule has 0 saturated carbocycles. The van der Waals surface area contributed by atoms with Crippen LogP contribution in [-0.4, -0.2) is 28.2 Å². The van der Waals surface area contributed by atoms with Crippen molar-refractivity contribution in [1.29, 1.82) is 0 Å². The van der Waals surface area contributed by atoms with Crippen LogP contribution >= 0.6 is 15.9 Å². The lowest BCUT2D eigenvalue weighted by Gasteiger charge is -2.15. The summed E-state index contributed by atoms with van der Waals surface area (Å²) in [6.07, 6.45) is 0. The first-order chi connectivity index (χ1) is 11.4. The minimum atomic E-state index is -3.43. The van der Waals surface area contributed by atoms with Crippen LogP contribution in [0.1, 0.15) is 12.5 Å². The number of benzene rings is 2. The van der Waals surface area contributed by atoms with E-state index in [2.05, 4.69) is 20.7 Å². The molecular formula is C17H20BrNO4S. The molecule has 0 spiro atoms. The molecule has 2 rings (SSSR count). The van der Waals surface area contributed by atoms with E-state index in [1.165, 1.54) is 0 Å². The standard InChI is InChI=1S/C17H20BrNO4S/c1-13(11-23-17-9-7-16(22-2)8-10-17)19-24(20,21)12-14-3-5-15(18)6-4-14/h3-10,13,19H,11-12H2,1-2H3. The molecule has 24 heavy (non-hydrogen) atoms. The zero-order valence-corrected chi connectivity index (χ0v) is 15.9. The van der Waals surface area contributed by atoms with E-state index in [1.54, 1.807) is 50.4 Å². The maximum absolute atomic E-state index is 12.2. The maximum atomic E-state index is 12.2. The van der Waals surface area contributed by atoms with Crippen LogP contribution in [0.25, 0.3) is 0 Å². The lowest BCUT2D eigenvalue weighted by molar-refractivity contribution is 0.287. The van der Waals surface area contributed by atoms with Crippen molar-refractivity contribution < 1.29 is 17.9 Å². The zero-order chi connectivity index (χ0) is 17.6. The summed E-state index contributed by atoms with van der Waals surface area (Å²) in [6.45, 7) is 2.01. The average Bonchev–Trinajstić information content (AvgIpc) is 2.55. The predicted octanol–water partition coefficient (Wildman–Crippen LogP) is 3.34. The first kappa shape index (κ1) is 18.8. The van der Waals surface area contributed by atoms with Crippen LogP contribution in [0.2, 0.25) is 0 Å². The van der Waals surface area contributed by atoms with Crippen LogP contribution in [-0.2, 0) is 15.8 Å². The minimum absolute atomic E-state index is 0.0623. The molecular weight excluding hydrogens is 394 g/mol. The van der Waals surface area contributed by atoms with Crippen LogP contribution < -0.4 is 14.2 Å². The Morgan fingerprint density at radius 1 is 1.04 bits per heavy atom. The van der Waals surface area contributed by atoms with Gasteiger partial charge in [0, 0.05) is 4.47 Å². The van der Waals surface area contributed by atoms with E-state index in [1.807, 2.05) is 12.1 Å². The second-order valence-electron chi connectivity index (χ2n) is 5.39. The lowest BCUT2D eigenvalue weighted by Crippen LogP contribution is -2.37. The topological polar surface area (TPSA) is 64.6 Å². The number of halogens is 1. The predicted molar refractivity (Wildman–Crippen MR) is 97.9 cm³/mol. The fraction of sp³-hybridized carbons (Fsp3) is 0.294. The Kier molecular flexibility index (Phi) is 6.65. The third-order valence-electron chi connectivity index (χ3n) is 3.21. The number of hydrogen-bond donors (Lipinski definition) is 1. The van der Waals surface area contributed by atoms with Crippen molar-refractivity contribution in [3.63, 3.8) is 0 Å². The molecule has 0 radical (unpaired) electrons. The third kappa shape index (κ3) is 6.14. The Bertz CT molecular complexity index is 745. The number of sulfonamides is 1. The summed E-state index contributed by atoms with van der Waals surface area (Å²) in [5.74, 6) is 1.34. The molecule has 0 aliphatic rings. The van der Waals surface area contributed by atoms with Crippen LogP contribution in [0.3, 0.4) is 0 Å². The van der Waals surface area contributed by atoms with E-state index in [4.69, 9.17) is 9.47 Å². The molecule has 2 aromatic rings. The number of nitrogens with one attached hydrogen (secondary N) is 1. The maximum Gasteiger partial charge on any atom is 0.216 e. The van der Waals surface area contributed by atoms with Crippen LogP contribution in [0, 0.1) is 0 Å². The molecule has 0 aliphatic heterocycles. The molecule has 2 aromatic carbocycles. The van der Waals surface area contributed by atoms with Gasteiger partial charge in [0.25, 0.3) is 0 Å². The second-order valence-corrected chi connectivity index (χ2v) is 8.06. The van der Waals surface area contributed by atoms with Gasteiger partial charge in [-0.15, -0.1) is 0 Å². The van der Waals surface area contributed by atoms with Gasteiger partial charge in [0.1, 0.15) is 18.1 Å². The molecule has 1 atom stereocenters. The highest BCUT2D eigenvalue weighted by Crippen LogP contribution is 2.17. The smallest absolute Gasteiger partial charge is 0.216 e. The van der Waals surface area contributed by atoms with E-state index < -0.39 is 10.0 Å². The molecule has 0 saturated heterocycles. The van der Waals surface area contributed by atoms with E-state index in [9.17, 15) is 8.42 Å². The van der Waals surface area contributed by atoms with Crippen molar-refractivity contribution in [3.05, 3.63) is 58.6 Å². The Hall–Kier alpha value is -1.57. The molecule has 0 aromatic heterocycles. The van der Waals surface area contributed by atoms with Crippen molar-refractivity contribution in [1.82, 2.24) is 4.72 Å². The summed E-state index contributed by atoms with van der Waals surface area (Å²) in [7, 11) is -1.83. The van der Waals surface area contributed by atoms with Crippen LogP contribution in [0.4, 0.5) is 0 Å². The SMILES string of the molecule is COc1ccc(OCC(C)NS(=O)(=O)Cc2ccc(Br)cc2)cc1. The van der Waals surface area contributed by atoms with Crippen molar-refractivity contribution in [3.8, 4) is 11.5 Å². The molecule has 0 aliphatic carbocycles.